The van der Waals surface area contributed by atoms with E-state index >= 15 is 0 Å². The number of pyridine rings is 1. The van der Waals surface area contributed by atoms with E-state index in [-0.39, 0.29) is 5.56 Å². The molecule has 0 saturated carbocycles. The predicted molar refractivity (Wildman–Crippen MR) is 39.9 cm³/mol. The van der Waals surface area contributed by atoms with Crippen molar-refractivity contribution in [2.75, 3.05) is 0 Å². The van der Waals surface area contributed by atoms with E-state index in [2.05, 4.69) is 4.98 Å². The lowest BCUT2D eigenvalue weighted by Crippen LogP contribution is -2.11. The highest BCUT2D eigenvalue weighted by atomic mass is 19.4. The highest BCUT2D eigenvalue weighted by molar-refractivity contribution is 5.27. The van der Waals surface area contributed by atoms with Gasteiger partial charge in [0.25, 0.3) is 0 Å². The van der Waals surface area contributed by atoms with Gasteiger partial charge in [-0.1, -0.05) is 0 Å². The Labute approximate surface area is 73.0 Å². The first kappa shape index (κ1) is 9.98. The van der Waals surface area contributed by atoms with E-state index in [1.165, 1.54) is 6.92 Å². The number of aliphatic hydroxyl groups excluding tert-OH is 1. The maximum absolute atomic E-state index is 12.3. The number of aromatic nitrogens is 1. The van der Waals surface area contributed by atoms with E-state index in [1.807, 2.05) is 0 Å². The fraction of sp³-hybridized carbons (Fsp3) is 0.375. The number of rotatable bonds is 1. The first-order valence-corrected chi connectivity index (χ1v) is 3.62. The van der Waals surface area contributed by atoms with Gasteiger partial charge in [-0.25, -0.2) is 0 Å². The smallest absolute Gasteiger partial charge is 0.389 e. The summed E-state index contributed by atoms with van der Waals surface area (Å²) in [7, 11) is 0. The molecule has 72 valence electrons. The number of nitrogens with zero attached hydrogens (tertiary/aromatic N) is 1. The standard InChI is InChI=1S/C8H8F3NO/c1-5(13)6-4-12-3-2-7(6)8(9,10)11/h2-5,13H,1H3. The average molecular weight is 191 g/mol. The quantitative estimate of drug-likeness (QED) is 0.737. The maximum Gasteiger partial charge on any atom is 0.416 e. The van der Waals surface area contributed by atoms with Crippen molar-refractivity contribution in [3.63, 3.8) is 0 Å². The van der Waals surface area contributed by atoms with Crippen LogP contribution in [0.2, 0.25) is 0 Å². The van der Waals surface area contributed by atoms with Gasteiger partial charge in [0, 0.05) is 18.0 Å². The molecule has 0 fully saturated rings. The van der Waals surface area contributed by atoms with Crippen molar-refractivity contribution >= 4 is 0 Å². The van der Waals surface area contributed by atoms with Crippen molar-refractivity contribution < 1.29 is 18.3 Å². The van der Waals surface area contributed by atoms with Crippen LogP contribution in [0.1, 0.15) is 24.2 Å². The Hall–Kier alpha value is -1.10. The second-order valence-electron chi connectivity index (χ2n) is 2.64. The summed E-state index contributed by atoms with van der Waals surface area (Å²) in [6, 6.07) is 0.849. The van der Waals surface area contributed by atoms with Gasteiger partial charge in [0.1, 0.15) is 0 Å². The van der Waals surface area contributed by atoms with Crippen LogP contribution in [0.4, 0.5) is 13.2 Å². The molecular formula is C8H8F3NO. The summed E-state index contributed by atoms with van der Waals surface area (Å²) in [4.78, 5) is 3.52. The number of hydrogen-bond donors (Lipinski definition) is 1. The number of hydrogen-bond acceptors (Lipinski definition) is 2. The molecule has 0 bridgehead atoms. The Kier molecular flexibility index (Phi) is 2.56. The second kappa shape index (κ2) is 3.33. The molecule has 0 saturated heterocycles. The summed E-state index contributed by atoms with van der Waals surface area (Å²) in [5.74, 6) is 0. The first-order valence-electron chi connectivity index (χ1n) is 3.62. The summed E-state index contributed by atoms with van der Waals surface area (Å²) in [5, 5.41) is 9.03. The van der Waals surface area contributed by atoms with E-state index < -0.39 is 17.8 Å². The summed E-state index contributed by atoms with van der Waals surface area (Å²) >= 11 is 0. The molecule has 0 aromatic carbocycles. The molecule has 0 aliphatic heterocycles. The molecule has 0 radical (unpaired) electrons. The van der Waals surface area contributed by atoms with Crippen molar-refractivity contribution in [3.05, 3.63) is 29.6 Å². The maximum atomic E-state index is 12.3. The number of halogens is 3. The Balaban J connectivity index is 3.20. The molecule has 5 heteroatoms. The number of alkyl halides is 3. The molecule has 13 heavy (non-hydrogen) atoms. The summed E-state index contributed by atoms with van der Waals surface area (Å²) in [5.41, 5.74) is -1.03. The largest absolute Gasteiger partial charge is 0.416 e. The summed E-state index contributed by atoms with van der Waals surface area (Å²) in [6.45, 7) is 1.27. The van der Waals surface area contributed by atoms with Crippen molar-refractivity contribution in [2.45, 2.75) is 19.2 Å². The Morgan fingerprint density at radius 2 is 2.08 bits per heavy atom. The molecule has 0 aliphatic rings. The van der Waals surface area contributed by atoms with Crippen LogP contribution in [0.5, 0.6) is 0 Å². The summed E-state index contributed by atoms with van der Waals surface area (Å²) < 4.78 is 36.8. The lowest BCUT2D eigenvalue weighted by molar-refractivity contribution is -0.139. The van der Waals surface area contributed by atoms with Crippen molar-refractivity contribution in [1.29, 1.82) is 0 Å². The monoisotopic (exact) mass is 191 g/mol. The topological polar surface area (TPSA) is 33.1 Å². The van der Waals surface area contributed by atoms with Crippen LogP contribution >= 0.6 is 0 Å². The van der Waals surface area contributed by atoms with Crippen LogP contribution in [-0.4, -0.2) is 10.1 Å². The van der Waals surface area contributed by atoms with E-state index in [4.69, 9.17) is 5.11 Å². The normalized spacial score (nSPS) is 14.2. The molecule has 0 amide bonds. The summed E-state index contributed by atoms with van der Waals surface area (Å²) in [6.07, 6.45) is -3.53. The fourth-order valence-electron chi connectivity index (χ4n) is 0.998. The van der Waals surface area contributed by atoms with Gasteiger partial charge in [-0.2, -0.15) is 13.2 Å². The molecule has 1 unspecified atom stereocenters. The van der Waals surface area contributed by atoms with Gasteiger partial charge >= 0.3 is 6.18 Å². The average Bonchev–Trinajstić information content (AvgIpc) is 2.03. The molecule has 1 atom stereocenters. The third kappa shape index (κ3) is 2.18. The van der Waals surface area contributed by atoms with Gasteiger partial charge in [-0.05, 0) is 13.0 Å². The molecule has 0 spiro atoms. The third-order valence-corrected chi connectivity index (χ3v) is 1.61. The lowest BCUT2D eigenvalue weighted by Gasteiger charge is -2.13. The minimum atomic E-state index is -4.44. The zero-order valence-corrected chi connectivity index (χ0v) is 6.84. The van der Waals surface area contributed by atoms with Crippen LogP contribution in [-0.2, 0) is 6.18 Å². The first-order chi connectivity index (χ1) is 5.93. The lowest BCUT2D eigenvalue weighted by atomic mass is 10.1. The van der Waals surface area contributed by atoms with E-state index in [1.54, 1.807) is 0 Å². The minimum Gasteiger partial charge on any atom is -0.389 e. The SMILES string of the molecule is CC(O)c1cnccc1C(F)(F)F. The number of aliphatic hydroxyl groups is 1. The molecule has 0 aliphatic carbocycles. The van der Waals surface area contributed by atoms with Crippen LogP contribution in [0.25, 0.3) is 0 Å². The van der Waals surface area contributed by atoms with Gasteiger partial charge in [0.15, 0.2) is 0 Å². The molecule has 2 nitrogen and oxygen atoms in total. The van der Waals surface area contributed by atoms with E-state index in [0.717, 1.165) is 18.5 Å². The van der Waals surface area contributed by atoms with E-state index in [0.29, 0.717) is 0 Å². The van der Waals surface area contributed by atoms with Crippen molar-refractivity contribution in [1.82, 2.24) is 4.98 Å². The molecule has 1 rings (SSSR count). The molecule has 1 heterocycles. The molecule has 1 aromatic rings. The zero-order chi connectivity index (χ0) is 10.1. The van der Waals surface area contributed by atoms with Crippen LogP contribution in [0.3, 0.4) is 0 Å². The second-order valence-corrected chi connectivity index (χ2v) is 2.64. The molecule has 1 aromatic heterocycles. The van der Waals surface area contributed by atoms with Gasteiger partial charge in [-0.15, -0.1) is 0 Å². The van der Waals surface area contributed by atoms with Gasteiger partial charge in [0.2, 0.25) is 0 Å². The predicted octanol–water partition coefficient (Wildman–Crippen LogP) is 2.15. The molecular weight excluding hydrogens is 183 g/mol. The van der Waals surface area contributed by atoms with Crippen molar-refractivity contribution in [2.24, 2.45) is 0 Å². The molecule has 1 N–H and O–H groups in total. The zero-order valence-electron chi connectivity index (χ0n) is 6.84. The Morgan fingerprint density at radius 1 is 1.46 bits per heavy atom. The fourth-order valence-corrected chi connectivity index (χ4v) is 0.998. The van der Waals surface area contributed by atoms with Crippen molar-refractivity contribution in [3.8, 4) is 0 Å². The van der Waals surface area contributed by atoms with Gasteiger partial charge < -0.3 is 5.11 Å². The van der Waals surface area contributed by atoms with Gasteiger partial charge in [0.05, 0.1) is 11.7 Å². The van der Waals surface area contributed by atoms with Gasteiger partial charge in [-0.3, -0.25) is 4.98 Å². The van der Waals surface area contributed by atoms with E-state index in [9.17, 15) is 13.2 Å². The highest BCUT2D eigenvalue weighted by Gasteiger charge is 2.34. The van der Waals surface area contributed by atoms with Crippen LogP contribution < -0.4 is 0 Å². The van der Waals surface area contributed by atoms with Crippen LogP contribution in [0, 0.1) is 0 Å². The Morgan fingerprint density at radius 3 is 2.46 bits per heavy atom. The van der Waals surface area contributed by atoms with Crippen LogP contribution in [0.15, 0.2) is 18.5 Å². The third-order valence-electron chi connectivity index (χ3n) is 1.61. The highest BCUT2D eigenvalue weighted by Crippen LogP contribution is 2.33. The Bertz CT molecular complexity index is 296. The minimum absolute atomic E-state index is 0.199.